The van der Waals surface area contributed by atoms with Gasteiger partial charge < -0.3 is 4.42 Å². The molecule has 3 heteroatoms. The van der Waals surface area contributed by atoms with Gasteiger partial charge in [0.15, 0.2) is 0 Å². The Morgan fingerprint density at radius 1 is 0.621 bits per heavy atom. The number of nitrogens with zero attached hydrogens (tertiary/aromatic N) is 1. The van der Waals surface area contributed by atoms with Crippen LogP contribution in [0.25, 0.3) is 0 Å². The molecule has 0 fully saturated rings. The molecular formula is C26H47NOS. The summed E-state index contributed by atoms with van der Waals surface area (Å²) >= 11 is 1.84. The zero-order valence-corrected chi connectivity index (χ0v) is 22.2. The molecule has 2 nitrogen and oxygen atoms in total. The number of aromatic nitrogens is 1. The average Bonchev–Trinajstić information content (AvgIpc) is 3.35. The molecule has 0 saturated heterocycles. The highest BCUT2D eigenvalue weighted by Crippen LogP contribution is 2.12. The standard InChI is InChI=1S/C6H7N.C6H8O.C6H8S.4C2H6/c1-6-3-2-4-7-5-6;2*1-5-3-4-6(2)7-5;4*1-2/h2-5H,1H3;2*3-4H,1-2H3;4*1-2H3. The van der Waals surface area contributed by atoms with Gasteiger partial charge in [-0.25, -0.2) is 0 Å². The molecule has 0 aromatic carbocycles. The molecule has 29 heavy (non-hydrogen) atoms. The number of hydrogen-bond acceptors (Lipinski definition) is 3. The minimum absolute atomic E-state index is 0.984. The summed E-state index contributed by atoms with van der Waals surface area (Å²) < 4.78 is 5.08. The van der Waals surface area contributed by atoms with Crippen LogP contribution >= 0.6 is 11.3 Å². The van der Waals surface area contributed by atoms with Gasteiger partial charge in [0.1, 0.15) is 11.5 Å². The molecule has 0 unspecified atom stereocenters. The van der Waals surface area contributed by atoms with E-state index in [9.17, 15) is 0 Å². The first-order valence-corrected chi connectivity index (χ1v) is 11.7. The summed E-state index contributed by atoms with van der Waals surface area (Å²) in [6, 6.07) is 12.1. The Balaban J connectivity index is -0.000000138. The van der Waals surface area contributed by atoms with Crippen LogP contribution in [0.5, 0.6) is 0 Å². The molecular weight excluding hydrogens is 374 g/mol. The predicted molar refractivity (Wildman–Crippen MR) is 136 cm³/mol. The van der Waals surface area contributed by atoms with Crippen molar-refractivity contribution in [2.75, 3.05) is 0 Å². The van der Waals surface area contributed by atoms with Crippen LogP contribution in [0.3, 0.4) is 0 Å². The maximum absolute atomic E-state index is 5.08. The summed E-state index contributed by atoms with van der Waals surface area (Å²) in [5, 5.41) is 0. The molecule has 0 aliphatic heterocycles. The molecule has 3 aromatic heterocycles. The Morgan fingerprint density at radius 3 is 1.17 bits per heavy atom. The molecule has 0 N–H and O–H groups in total. The van der Waals surface area contributed by atoms with E-state index in [1.807, 2.05) is 118 Å². The van der Waals surface area contributed by atoms with E-state index in [0.717, 1.165) is 11.5 Å². The van der Waals surface area contributed by atoms with E-state index in [1.54, 1.807) is 6.20 Å². The number of pyridine rings is 1. The third-order valence-corrected chi connectivity index (χ3v) is 3.47. The largest absolute Gasteiger partial charge is 0.467 e. The van der Waals surface area contributed by atoms with Crippen molar-refractivity contribution < 1.29 is 4.42 Å². The Morgan fingerprint density at radius 2 is 1.03 bits per heavy atom. The highest BCUT2D eigenvalue weighted by Gasteiger charge is 1.86. The van der Waals surface area contributed by atoms with Gasteiger partial charge in [-0.1, -0.05) is 61.5 Å². The maximum atomic E-state index is 5.08. The lowest BCUT2D eigenvalue weighted by Crippen LogP contribution is -1.69. The molecule has 3 aromatic rings. The van der Waals surface area contributed by atoms with Gasteiger partial charge in [-0.2, -0.15) is 0 Å². The van der Waals surface area contributed by atoms with Crippen molar-refractivity contribution in [1.82, 2.24) is 4.98 Å². The second-order valence-corrected chi connectivity index (χ2v) is 6.34. The van der Waals surface area contributed by atoms with Crippen LogP contribution in [-0.4, -0.2) is 4.98 Å². The summed E-state index contributed by atoms with van der Waals surface area (Å²) in [7, 11) is 0. The maximum Gasteiger partial charge on any atom is 0.101 e. The van der Waals surface area contributed by atoms with Crippen LogP contribution in [0.15, 0.2) is 53.2 Å². The quantitative estimate of drug-likeness (QED) is 0.361. The van der Waals surface area contributed by atoms with Gasteiger partial charge in [0, 0.05) is 22.1 Å². The van der Waals surface area contributed by atoms with Crippen molar-refractivity contribution in [2.45, 2.75) is 90.0 Å². The van der Waals surface area contributed by atoms with Crippen LogP contribution in [-0.2, 0) is 0 Å². The zero-order valence-electron chi connectivity index (χ0n) is 21.4. The van der Waals surface area contributed by atoms with E-state index in [0.29, 0.717) is 0 Å². The summed E-state index contributed by atoms with van der Waals surface area (Å²) in [6.07, 6.45) is 3.60. The molecule has 0 radical (unpaired) electrons. The molecule has 0 aliphatic rings. The molecule has 0 bridgehead atoms. The van der Waals surface area contributed by atoms with Crippen molar-refractivity contribution in [3.63, 3.8) is 0 Å². The van der Waals surface area contributed by atoms with E-state index in [-0.39, 0.29) is 0 Å². The monoisotopic (exact) mass is 421 g/mol. The van der Waals surface area contributed by atoms with Gasteiger partial charge in [0.2, 0.25) is 0 Å². The minimum atomic E-state index is 0.984. The van der Waals surface area contributed by atoms with Crippen molar-refractivity contribution in [1.29, 1.82) is 0 Å². The number of aryl methyl sites for hydroxylation is 5. The van der Waals surface area contributed by atoms with Crippen molar-refractivity contribution in [3.05, 3.63) is 75.6 Å². The number of thiophene rings is 1. The Kier molecular flexibility index (Phi) is 33.8. The number of furan rings is 1. The summed E-state index contributed by atoms with van der Waals surface area (Å²) in [6.45, 7) is 26.1. The van der Waals surface area contributed by atoms with Gasteiger partial charge in [-0.3, -0.25) is 4.98 Å². The molecule has 0 saturated carbocycles. The summed E-state index contributed by atoms with van der Waals surface area (Å²) in [4.78, 5) is 6.69. The molecule has 0 spiro atoms. The predicted octanol–water partition coefficient (Wildman–Crippen LogP) is 9.76. The van der Waals surface area contributed by atoms with Gasteiger partial charge in [0.25, 0.3) is 0 Å². The summed E-state index contributed by atoms with van der Waals surface area (Å²) in [5.41, 5.74) is 1.21. The second kappa shape index (κ2) is 28.3. The van der Waals surface area contributed by atoms with Crippen LogP contribution in [0, 0.1) is 34.6 Å². The number of rotatable bonds is 0. The zero-order chi connectivity index (χ0) is 23.7. The normalized spacial score (nSPS) is 7.48. The third-order valence-electron chi connectivity index (χ3n) is 2.56. The Bertz CT molecular complexity index is 556. The molecule has 3 rings (SSSR count). The lowest BCUT2D eigenvalue weighted by Gasteiger charge is -1.82. The minimum Gasteiger partial charge on any atom is -0.467 e. The topological polar surface area (TPSA) is 26.0 Å². The van der Waals surface area contributed by atoms with Crippen molar-refractivity contribution in [2.24, 2.45) is 0 Å². The first kappa shape index (κ1) is 34.6. The first-order valence-electron chi connectivity index (χ1n) is 10.9. The van der Waals surface area contributed by atoms with E-state index in [4.69, 9.17) is 4.42 Å². The van der Waals surface area contributed by atoms with Crippen molar-refractivity contribution >= 4 is 11.3 Å². The fourth-order valence-corrected chi connectivity index (χ4v) is 2.34. The SMILES string of the molecule is CC.CC.CC.CC.Cc1ccc(C)o1.Cc1ccc(C)s1.Cc1cccnc1. The third kappa shape index (κ3) is 26.1. The van der Waals surface area contributed by atoms with Gasteiger partial charge in [-0.15, -0.1) is 11.3 Å². The molecule has 168 valence electrons. The Labute approximate surface area is 186 Å². The summed E-state index contributed by atoms with van der Waals surface area (Å²) in [5.74, 6) is 1.97. The molecule has 3 heterocycles. The van der Waals surface area contributed by atoms with Gasteiger partial charge in [0.05, 0.1) is 0 Å². The van der Waals surface area contributed by atoms with Crippen LogP contribution in [0.1, 0.15) is 82.2 Å². The highest BCUT2D eigenvalue weighted by molar-refractivity contribution is 7.11. The second-order valence-electron chi connectivity index (χ2n) is 4.84. The smallest absolute Gasteiger partial charge is 0.101 e. The first-order chi connectivity index (χ1) is 14.0. The Hall–Kier alpha value is -1.87. The van der Waals surface area contributed by atoms with E-state index in [2.05, 4.69) is 31.0 Å². The number of hydrogen-bond donors (Lipinski definition) is 0. The average molecular weight is 422 g/mol. The molecule has 0 amide bonds. The van der Waals surface area contributed by atoms with Crippen LogP contribution in [0.2, 0.25) is 0 Å². The van der Waals surface area contributed by atoms with E-state index < -0.39 is 0 Å². The van der Waals surface area contributed by atoms with Crippen LogP contribution < -0.4 is 0 Å². The van der Waals surface area contributed by atoms with E-state index >= 15 is 0 Å². The highest BCUT2D eigenvalue weighted by atomic mass is 32.1. The van der Waals surface area contributed by atoms with E-state index in [1.165, 1.54) is 15.3 Å². The fourth-order valence-electron chi connectivity index (χ4n) is 1.56. The van der Waals surface area contributed by atoms with Gasteiger partial charge in [-0.05, 0) is 70.5 Å². The molecule has 0 atom stereocenters. The molecule has 0 aliphatic carbocycles. The van der Waals surface area contributed by atoms with Crippen molar-refractivity contribution in [3.8, 4) is 0 Å². The lowest BCUT2D eigenvalue weighted by atomic mass is 10.3. The van der Waals surface area contributed by atoms with Crippen LogP contribution in [0.4, 0.5) is 0 Å². The fraction of sp³-hybridized carbons (Fsp3) is 0.500. The lowest BCUT2D eigenvalue weighted by molar-refractivity contribution is 0.504. The van der Waals surface area contributed by atoms with Gasteiger partial charge >= 0.3 is 0 Å².